The first-order valence-corrected chi connectivity index (χ1v) is 11.5. The maximum absolute atomic E-state index is 10.4. The normalized spacial score (nSPS) is 15.4. The molecule has 0 aliphatic carbocycles. The molecule has 0 amide bonds. The van der Waals surface area contributed by atoms with Crippen LogP contribution < -0.4 is 10.1 Å². The summed E-state index contributed by atoms with van der Waals surface area (Å²) >= 11 is 0. The fourth-order valence-corrected chi connectivity index (χ4v) is 4.08. The van der Waals surface area contributed by atoms with Gasteiger partial charge in [0.15, 0.2) is 5.65 Å². The standard InChI is InChI=1S/C24H33N5O3.2ClH/c1-2-31-16-15-29-23-22(9-6-12-25-23)27-24(29)26-19-10-13-28(14-11-19)17-20(30)18-32-21-7-4-3-5-8-21;;/h3-9,12,19-20,30H,2,10-11,13-18H2,1H3,(H,26,27);2*1H. The summed E-state index contributed by atoms with van der Waals surface area (Å²) in [6, 6.07) is 13.9. The molecule has 0 radical (unpaired) electrons. The van der Waals surface area contributed by atoms with Crippen LogP contribution in [0.15, 0.2) is 48.7 Å². The number of halogens is 2. The molecule has 1 aromatic carbocycles. The van der Waals surface area contributed by atoms with E-state index in [4.69, 9.17) is 14.5 Å². The van der Waals surface area contributed by atoms with Gasteiger partial charge in [0.2, 0.25) is 5.95 Å². The molecule has 0 spiro atoms. The first-order chi connectivity index (χ1) is 15.7. The third-order valence-electron chi connectivity index (χ3n) is 5.74. The molecule has 2 aromatic heterocycles. The van der Waals surface area contributed by atoms with Gasteiger partial charge in [-0.25, -0.2) is 9.97 Å². The Balaban J connectivity index is 0.00000204. The lowest BCUT2D eigenvalue weighted by Gasteiger charge is -2.33. The number of hydrogen-bond donors (Lipinski definition) is 2. The number of nitrogens with zero attached hydrogens (tertiary/aromatic N) is 4. The van der Waals surface area contributed by atoms with Crippen LogP contribution in [0, 0.1) is 0 Å². The summed E-state index contributed by atoms with van der Waals surface area (Å²) in [4.78, 5) is 11.6. The second-order valence-corrected chi connectivity index (χ2v) is 8.13. The van der Waals surface area contributed by atoms with Crippen LogP contribution in [0.5, 0.6) is 5.75 Å². The fraction of sp³-hybridized carbons (Fsp3) is 0.500. The number of nitrogens with one attached hydrogen (secondary N) is 1. The highest BCUT2D eigenvalue weighted by atomic mass is 35.5. The van der Waals surface area contributed by atoms with Crippen molar-refractivity contribution < 1.29 is 14.6 Å². The van der Waals surface area contributed by atoms with Gasteiger partial charge < -0.3 is 24.8 Å². The monoisotopic (exact) mass is 511 g/mol. The Morgan fingerprint density at radius 3 is 2.62 bits per heavy atom. The van der Waals surface area contributed by atoms with Gasteiger partial charge in [-0.2, -0.15) is 0 Å². The van der Waals surface area contributed by atoms with Crippen LogP contribution in [0.1, 0.15) is 19.8 Å². The van der Waals surface area contributed by atoms with Gasteiger partial charge >= 0.3 is 0 Å². The fourth-order valence-electron chi connectivity index (χ4n) is 4.08. The molecule has 0 bridgehead atoms. The average Bonchev–Trinajstić information content (AvgIpc) is 3.17. The van der Waals surface area contributed by atoms with Gasteiger partial charge in [-0.05, 0) is 44.0 Å². The highest BCUT2D eigenvalue weighted by Gasteiger charge is 2.23. The molecular formula is C24H35Cl2N5O3. The summed E-state index contributed by atoms with van der Waals surface area (Å²) in [5.74, 6) is 1.64. The van der Waals surface area contributed by atoms with Gasteiger partial charge in [-0.3, -0.25) is 4.57 Å². The van der Waals surface area contributed by atoms with Crippen molar-refractivity contribution in [2.75, 3.05) is 44.8 Å². The van der Waals surface area contributed by atoms with Crippen molar-refractivity contribution in [3.8, 4) is 5.75 Å². The van der Waals surface area contributed by atoms with Gasteiger partial charge in [0, 0.05) is 38.5 Å². The summed E-state index contributed by atoms with van der Waals surface area (Å²) in [5.41, 5.74) is 1.78. The van der Waals surface area contributed by atoms with Gasteiger partial charge in [0.1, 0.15) is 24.0 Å². The van der Waals surface area contributed by atoms with E-state index < -0.39 is 6.10 Å². The molecule has 1 unspecified atom stereocenters. The van der Waals surface area contributed by atoms with Gasteiger partial charge in [-0.15, -0.1) is 24.8 Å². The van der Waals surface area contributed by atoms with Gasteiger partial charge in [0.25, 0.3) is 0 Å². The zero-order valence-corrected chi connectivity index (χ0v) is 21.1. The summed E-state index contributed by atoms with van der Waals surface area (Å²) in [6.07, 6.45) is 3.28. The van der Waals surface area contributed by atoms with Crippen molar-refractivity contribution >= 4 is 41.9 Å². The number of aliphatic hydroxyl groups is 1. The number of fused-ring (bicyclic) bond motifs is 1. The molecule has 1 fully saturated rings. The number of rotatable bonds is 11. The molecule has 1 aliphatic rings. The summed E-state index contributed by atoms with van der Waals surface area (Å²) in [6.45, 7) is 6.83. The van der Waals surface area contributed by atoms with E-state index in [-0.39, 0.29) is 24.8 Å². The molecule has 1 saturated heterocycles. The number of anilines is 1. The topological polar surface area (TPSA) is 84.7 Å². The van der Waals surface area contributed by atoms with Crippen molar-refractivity contribution in [2.45, 2.75) is 38.5 Å². The first-order valence-electron chi connectivity index (χ1n) is 11.5. The lowest BCUT2D eigenvalue weighted by atomic mass is 10.0. The molecule has 1 atom stereocenters. The van der Waals surface area contributed by atoms with Crippen LogP contribution in [0.25, 0.3) is 11.2 Å². The molecule has 3 aromatic rings. The Kier molecular flexibility index (Phi) is 11.9. The number of aromatic nitrogens is 3. The molecule has 8 nitrogen and oxygen atoms in total. The maximum Gasteiger partial charge on any atom is 0.205 e. The quantitative estimate of drug-likeness (QED) is 0.380. The van der Waals surface area contributed by atoms with E-state index >= 15 is 0 Å². The second-order valence-electron chi connectivity index (χ2n) is 8.13. The first kappa shape index (κ1) is 28.1. The molecule has 188 valence electrons. The maximum atomic E-state index is 10.4. The number of ether oxygens (including phenoxy) is 2. The lowest BCUT2D eigenvalue weighted by Crippen LogP contribution is -2.43. The third-order valence-corrected chi connectivity index (χ3v) is 5.74. The number of β-amino-alcohol motifs (C(OH)–C–C–N with tert-alkyl or cyclic N) is 1. The third kappa shape index (κ3) is 7.71. The Morgan fingerprint density at radius 2 is 1.88 bits per heavy atom. The number of para-hydroxylation sites is 1. The van der Waals surface area contributed by atoms with Crippen molar-refractivity contribution in [1.29, 1.82) is 0 Å². The number of aliphatic hydroxyl groups excluding tert-OH is 1. The Labute approximate surface area is 213 Å². The van der Waals surface area contributed by atoms with Crippen molar-refractivity contribution in [3.63, 3.8) is 0 Å². The molecule has 2 N–H and O–H groups in total. The van der Waals surface area contributed by atoms with Crippen LogP contribution in [0.2, 0.25) is 0 Å². The molecule has 4 rings (SSSR count). The number of pyridine rings is 1. The van der Waals surface area contributed by atoms with E-state index in [1.54, 1.807) is 6.20 Å². The lowest BCUT2D eigenvalue weighted by molar-refractivity contribution is 0.0604. The zero-order chi connectivity index (χ0) is 22.2. The summed E-state index contributed by atoms with van der Waals surface area (Å²) in [7, 11) is 0. The number of benzene rings is 1. The molecule has 34 heavy (non-hydrogen) atoms. The van der Waals surface area contributed by atoms with Crippen LogP contribution in [0.3, 0.4) is 0 Å². The van der Waals surface area contributed by atoms with Gasteiger partial charge in [-0.1, -0.05) is 18.2 Å². The van der Waals surface area contributed by atoms with Crippen LogP contribution in [0.4, 0.5) is 5.95 Å². The number of hydrogen-bond acceptors (Lipinski definition) is 7. The minimum Gasteiger partial charge on any atom is -0.491 e. The minimum atomic E-state index is -0.506. The average molecular weight is 512 g/mol. The van der Waals surface area contributed by atoms with E-state index in [2.05, 4.69) is 19.8 Å². The van der Waals surface area contributed by atoms with Crippen LogP contribution in [-0.4, -0.2) is 76.1 Å². The molecular weight excluding hydrogens is 477 g/mol. The highest BCUT2D eigenvalue weighted by Crippen LogP contribution is 2.21. The largest absolute Gasteiger partial charge is 0.491 e. The van der Waals surface area contributed by atoms with Gasteiger partial charge in [0.05, 0.1) is 13.2 Å². The molecule has 10 heteroatoms. The predicted octanol–water partition coefficient (Wildman–Crippen LogP) is 3.63. The van der Waals surface area contributed by atoms with E-state index in [9.17, 15) is 5.11 Å². The Hall–Kier alpha value is -2.10. The van der Waals surface area contributed by atoms with E-state index in [0.29, 0.717) is 32.4 Å². The molecule has 1 aliphatic heterocycles. The summed E-state index contributed by atoms with van der Waals surface area (Å²) in [5, 5.41) is 14.0. The molecule has 0 saturated carbocycles. The number of imidazole rings is 1. The highest BCUT2D eigenvalue weighted by molar-refractivity contribution is 5.85. The summed E-state index contributed by atoms with van der Waals surface area (Å²) < 4.78 is 13.3. The van der Waals surface area contributed by atoms with E-state index in [0.717, 1.165) is 55.3 Å². The SMILES string of the molecule is CCOCCn1c(NC2CCN(CC(O)COc3ccccc3)CC2)nc2cccnc21.Cl.Cl. The predicted molar refractivity (Wildman–Crippen MR) is 140 cm³/mol. The number of likely N-dealkylation sites (tertiary alicyclic amines) is 1. The van der Waals surface area contributed by atoms with Crippen LogP contribution >= 0.6 is 24.8 Å². The minimum absolute atomic E-state index is 0. The second kappa shape index (κ2) is 14.3. The van der Waals surface area contributed by atoms with Crippen molar-refractivity contribution in [3.05, 3.63) is 48.7 Å². The molecule has 3 heterocycles. The Bertz CT molecular complexity index is 968. The smallest absolute Gasteiger partial charge is 0.205 e. The Morgan fingerprint density at radius 1 is 1.12 bits per heavy atom. The number of piperidine rings is 1. The van der Waals surface area contributed by atoms with E-state index in [1.807, 2.05) is 49.4 Å². The van der Waals surface area contributed by atoms with Crippen molar-refractivity contribution in [2.24, 2.45) is 0 Å². The van der Waals surface area contributed by atoms with Crippen LogP contribution in [-0.2, 0) is 11.3 Å². The van der Waals surface area contributed by atoms with Crippen molar-refractivity contribution in [1.82, 2.24) is 19.4 Å². The van der Waals surface area contributed by atoms with E-state index in [1.165, 1.54) is 0 Å². The zero-order valence-electron chi connectivity index (χ0n) is 19.5.